The number of carboxylic acid groups (broad SMARTS) is 1. The summed E-state index contributed by atoms with van der Waals surface area (Å²) in [7, 11) is 0. The van der Waals surface area contributed by atoms with Crippen LogP contribution in [0.25, 0.3) is 10.4 Å². The van der Waals surface area contributed by atoms with E-state index >= 15 is 0 Å². The van der Waals surface area contributed by atoms with Crippen LogP contribution in [0.2, 0.25) is 5.02 Å². The predicted molar refractivity (Wildman–Crippen MR) is 109 cm³/mol. The van der Waals surface area contributed by atoms with Gasteiger partial charge in [-0.2, -0.15) is 4.83 Å². The second kappa shape index (κ2) is 7.24. The van der Waals surface area contributed by atoms with Crippen LogP contribution >= 0.6 is 34.9 Å². The molecule has 0 saturated heterocycles. The number of carbonyl (C=O) groups is 2. The average Bonchev–Trinajstić information content (AvgIpc) is 3.28. The molecule has 0 unspecified atom stereocenters. The molecule has 0 aliphatic carbocycles. The first-order valence-corrected chi connectivity index (χ1v) is 9.84. The van der Waals surface area contributed by atoms with Crippen molar-refractivity contribution >= 4 is 58.1 Å². The van der Waals surface area contributed by atoms with Gasteiger partial charge in [-0.25, -0.2) is 4.79 Å². The largest absolute Gasteiger partial charge is 0.478 e. The van der Waals surface area contributed by atoms with Crippen LogP contribution in [0.1, 0.15) is 20.7 Å². The zero-order valence-electron chi connectivity index (χ0n) is 13.6. The molecule has 4 N–H and O–H groups in total. The molecule has 6 nitrogen and oxygen atoms in total. The van der Waals surface area contributed by atoms with Crippen molar-refractivity contribution in [2.24, 2.45) is 0 Å². The number of rotatable bonds is 4. The number of carboxylic acids is 1. The third-order valence-electron chi connectivity index (χ3n) is 3.95. The Kier molecular flexibility index (Phi) is 4.79. The molecule has 9 heteroatoms. The van der Waals surface area contributed by atoms with Crippen molar-refractivity contribution in [3.63, 3.8) is 0 Å². The molecule has 1 aliphatic heterocycles. The second-order valence-electron chi connectivity index (χ2n) is 5.66. The molecular formula is C18H12ClN3O3S2. The lowest BCUT2D eigenvalue weighted by Crippen LogP contribution is -2.14. The fourth-order valence-electron chi connectivity index (χ4n) is 2.66. The Labute approximate surface area is 167 Å². The van der Waals surface area contributed by atoms with Crippen LogP contribution in [0, 0.1) is 0 Å². The molecule has 1 aliphatic rings. The summed E-state index contributed by atoms with van der Waals surface area (Å²) in [5.41, 5.74) is 5.36. The van der Waals surface area contributed by atoms with E-state index in [0.29, 0.717) is 15.5 Å². The lowest BCUT2D eigenvalue weighted by molar-refractivity contribution is 0.0699. The Balaban J connectivity index is 1.65. The highest BCUT2D eigenvalue weighted by atomic mass is 35.5. The molecular weight excluding hydrogens is 406 g/mol. The third kappa shape index (κ3) is 3.52. The maximum Gasteiger partial charge on any atom is 0.339 e. The Morgan fingerprint density at radius 3 is 2.63 bits per heavy atom. The molecule has 1 aromatic heterocycles. The lowest BCUT2D eigenvalue weighted by Gasteiger charge is -2.07. The van der Waals surface area contributed by atoms with Crippen molar-refractivity contribution in [3.05, 3.63) is 64.0 Å². The quantitative estimate of drug-likeness (QED) is 0.449. The smallest absolute Gasteiger partial charge is 0.339 e. The standard InChI is InChI=1S/C18H12ClN3O3S2/c19-11-4-1-9(2-5-11)16-15(18(24)25)13(8-26-16)20-17(23)10-3-6-12-14(7-10)27-22-21-12/h1-8,21-22H,(H,20,23)(H,24,25). The Morgan fingerprint density at radius 1 is 1.11 bits per heavy atom. The summed E-state index contributed by atoms with van der Waals surface area (Å²) in [4.78, 5) is 28.8. The van der Waals surface area contributed by atoms with E-state index in [1.165, 1.54) is 23.3 Å². The predicted octanol–water partition coefficient (Wildman–Crippen LogP) is 4.96. The van der Waals surface area contributed by atoms with Crippen LogP contribution in [-0.4, -0.2) is 17.0 Å². The minimum absolute atomic E-state index is 0.0644. The van der Waals surface area contributed by atoms with Crippen LogP contribution < -0.4 is 15.6 Å². The normalized spacial score (nSPS) is 12.3. The highest BCUT2D eigenvalue weighted by molar-refractivity contribution is 7.98. The maximum atomic E-state index is 12.6. The van der Waals surface area contributed by atoms with Crippen molar-refractivity contribution < 1.29 is 14.7 Å². The summed E-state index contributed by atoms with van der Waals surface area (Å²) < 4.78 is 0. The van der Waals surface area contributed by atoms with Gasteiger partial charge >= 0.3 is 5.97 Å². The molecule has 1 amide bonds. The van der Waals surface area contributed by atoms with Crippen LogP contribution in [-0.2, 0) is 0 Å². The summed E-state index contributed by atoms with van der Waals surface area (Å²) in [5.74, 6) is -1.47. The van der Waals surface area contributed by atoms with Gasteiger partial charge in [-0.05, 0) is 47.8 Å². The number of benzene rings is 2. The van der Waals surface area contributed by atoms with Crippen LogP contribution in [0.3, 0.4) is 0 Å². The van der Waals surface area contributed by atoms with Crippen molar-refractivity contribution in [1.82, 2.24) is 4.83 Å². The number of hydrogen-bond acceptors (Lipinski definition) is 6. The topological polar surface area (TPSA) is 90.5 Å². The van der Waals surface area contributed by atoms with Crippen LogP contribution in [0.5, 0.6) is 0 Å². The minimum atomic E-state index is -1.10. The first-order valence-electron chi connectivity index (χ1n) is 7.77. The molecule has 4 rings (SSSR count). The van der Waals surface area contributed by atoms with Gasteiger partial charge in [-0.1, -0.05) is 23.7 Å². The van der Waals surface area contributed by atoms with Gasteiger partial charge in [0.05, 0.1) is 16.3 Å². The van der Waals surface area contributed by atoms with E-state index in [9.17, 15) is 14.7 Å². The van der Waals surface area contributed by atoms with Crippen molar-refractivity contribution in [1.29, 1.82) is 0 Å². The number of fused-ring (bicyclic) bond motifs is 1. The third-order valence-corrected chi connectivity index (χ3v) is 5.99. The van der Waals surface area contributed by atoms with Gasteiger partial charge in [-0.3, -0.25) is 4.79 Å². The molecule has 3 aromatic rings. The highest BCUT2D eigenvalue weighted by Gasteiger charge is 2.22. The van der Waals surface area contributed by atoms with E-state index in [1.54, 1.807) is 47.8 Å². The number of hydrazine groups is 1. The van der Waals surface area contributed by atoms with E-state index in [-0.39, 0.29) is 17.2 Å². The molecule has 0 saturated carbocycles. The van der Waals surface area contributed by atoms with Gasteiger partial charge in [0, 0.05) is 20.9 Å². The minimum Gasteiger partial charge on any atom is -0.478 e. The monoisotopic (exact) mass is 417 g/mol. The van der Waals surface area contributed by atoms with Crippen molar-refractivity contribution in [3.8, 4) is 10.4 Å². The van der Waals surface area contributed by atoms with E-state index in [4.69, 9.17) is 11.6 Å². The number of nitrogens with one attached hydrogen (secondary N) is 3. The second-order valence-corrected chi connectivity index (χ2v) is 7.82. The zero-order chi connectivity index (χ0) is 19.0. The van der Waals surface area contributed by atoms with Gasteiger partial charge in [0.2, 0.25) is 0 Å². The molecule has 0 spiro atoms. The Bertz CT molecular complexity index is 1050. The number of amides is 1. The number of thiophene rings is 1. The number of halogens is 1. The Hall–Kier alpha value is -2.52. The molecule has 27 heavy (non-hydrogen) atoms. The van der Waals surface area contributed by atoms with E-state index < -0.39 is 5.97 Å². The molecule has 136 valence electrons. The number of carbonyl (C=O) groups excluding carboxylic acids is 1. The molecule has 2 aromatic carbocycles. The summed E-state index contributed by atoms with van der Waals surface area (Å²) in [6.45, 7) is 0. The van der Waals surface area contributed by atoms with E-state index in [2.05, 4.69) is 15.6 Å². The summed E-state index contributed by atoms with van der Waals surface area (Å²) in [6, 6.07) is 12.1. The van der Waals surface area contributed by atoms with Crippen LogP contribution in [0.15, 0.2) is 52.7 Å². The fourth-order valence-corrected chi connectivity index (χ4v) is 4.47. The molecule has 2 heterocycles. The van der Waals surface area contributed by atoms with Crippen molar-refractivity contribution in [2.45, 2.75) is 4.90 Å². The van der Waals surface area contributed by atoms with E-state index in [1.807, 2.05) is 0 Å². The molecule has 0 atom stereocenters. The zero-order valence-corrected chi connectivity index (χ0v) is 16.0. The summed E-state index contributed by atoms with van der Waals surface area (Å²) in [5, 5.41) is 14.6. The molecule has 0 fully saturated rings. The average molecular weight is 418 g/mol. The molecule has 0 radical (unpaired) electrons. The van der Waals surface area contributed by atoms with Crippen LogP contribution in [0.4, 0.5) is 11.4 Å². The SMILES string of the molecule is O=C(Nc1csc(-c2ccc(Cl)cc2)c1C(=O)O)c1ccc2c(c1)SNN2. The fraction of sp³-hybridized carbons (Fsp3) is 0. The first kappa shape index (κ1) is 17.9. The number of aromatic carboxylic acids is 1. The van der Waals surface area contributed by atoms with Gasteiger partial charge in [0.1, 0.15) is 5.56 Å². The van der Waals surface area contributed by atoms with Crippen molar-refractivity contribution in [2.75, 3.05) is 10.7 Å². The highest BCUT2D eigenvalue weighted by Crippen LogP contribution is 2.37. The van der Waals surface area contributed by atoms with Gasteiger partial charge in [-0.15, -0.1) is 11.3 Å². The lowest BCUT2D eigenvalue weighted by atomic mass is 10.1. The van der Waals surface area contributed by atoms with E-state index in [0.717, 1.165) is 16.1 Å². The molecule has 0 bridgehead atoms. The van der Waals surface area contributed by atoms with Gasteiger partial charge in [0.25, 0.3) is 5.91 Å². The summed E-state index contributed by atoms with van der Waals surface area (Å²) >= 11 is 8.53. The van der Waals surface area contributed by atoms with Gasteiger partial charge in [0.15, 0.2) is 0 Å². The number of anilines is 2. The van der Waals surface area contributed by atoms with Gasteiger partial charge < -0.3 is 15.8 Å². The number of hydrogen-bond donors (Lipinski definition) is 4. The summed E-state index contributed by atoms with van der Waals surface area (Å²) in [6.07, 6.45) is 0. The first-order chi connectivity index (χ1) is 13.0. The maximum absolute atomic E-state index is 12.6. The Morgan fingerprint density at radius 2 is 1.89 bits per heavy atom.